The number of halogens is 2. The molecule has 0 aliphatic carbocycles. The van der Waals surface area contributed by atoms with Crippen LogP contribution < -0.4 is 4.72 Å². The van der Waals surface area contributed by atoms with Crippen LogP contribution in [-0.4, -0.2) is 31.1 Å². The van der Waals surface area contributed by atoms with Crippen LogP contribution in [0.25, 0.3) is 0 Å². The van der Waals surface area contributed by atoms with Crippen molar-refractivity contribution in [2.75, 3.05) is 6.54 Å². The van der Waals surface area contributed by atoms with Crippen LogP contribution in [0.3, 0.4) is 0 Å². The number of hydrogen-bond donors (Lipinski definition) is 3. The lowest BCUT2D eigenvalue weighted by Gasteiger charge is -2.15. The molecule has 0 saturated heterocycles. The molecule has 0 amide bonds. The first kappa shape index (κ1) is 19.2. The summed E-state index contributed by atoms with van der Waals surface area (Å²) in [4.78, 5) is 11.4. The maximum absolute atomic E-state index is 12.3. The van der Waals surface area contributed by atoms with Crippen molar-refractivity contribution < 1.29 is 23.4 Å². The maximum Gasteiger partial charge on any atom is 0.304 e. The molecule has 6 nitrogen and oxygen atoms in total. The maximum atomic E-state index is 12.3. The minimum atomic E-state index is -4.03. The molecule has 1 unspecified atom stereocenters. The Hall–Kier alpha value is -1.13. The number of carbonyl (C=O) groups is 1. The summed E-state index contributed by atoms with van der Waals surface area (Å²) in [5.74, 6) is -2.11. The molecule has 1 aromatic carbocycles. The fraction of sp³-hybridized carbons (Fsp3) is 0.214. The Labute approximate surface area is 156 Å². The molecule has 0 aliphatic rings. The first-order chi connectivity index (χ1) is 11.2. The number of aromatic hydroxyl groups is 1. The molecular formula is C14H13BrClNO5S2. The molecule has 2 rings (SSSR count). The quantitative estimate of drug-likeness (QED) is 0.595. The Balaban J connectivity index is 2.21. The molecule has 1 atom stereocenters. The summed E-state index contributed by atoms with van der Waals surface area (Å²) in [5.41, 5.74) is 0. The highest BCUT2D eigenvalue weighted by Crippen LogP contribution is 2.32. The second-order valence-electron chi connectivity index (χ2n) is 4.88. The molecule has 24 heavy (non-hydrogen) atoms. The van der Waals surface area contributed by atoms with E-state index in [-0.39, 0.29) is 22.9 Å². The Kier molecular flexibility index (Phi) is 6.27. The van der Waals surface area contributed by atoms with Gasteiger partial charge in [0, 0.05) is 17.3 Å². The van der Waals surface area contributed by atoms with Crippen LogP contribution in [0.4, 0.5) is 0 Å². The van der Waals surface area contributed by atoms with Crippen LogP contribution in [0.5, 0.6) is 5.75 Å². The molecule has 1 aromatic heterocycles. The fourth-order valence-corrected chi connectivity index (χ4v) is 4.98. The average Bonchev–Trinajstić information content (AvgIpc) is 2.92. The number of hydrogen-bond acceptors (Lipinski definition) is 5. The molecule has 0 saturated carbocycles. The zero-order valence-electron chi connectivity index (χ0n) is 12.1. The fourth-order valence-electron chi connectivity index (χ4n) is 2.03. The molecular weight excluding hydrogens is 442 g/mol. The van der Waals surface area contributed by atoms with E-state index in [1.165, 1.54) is 29.5 Å². The van der Waals surface area contributed by atoms with E-state index >= 15 is 0 Å². The van der Waals surface area contributed by atoms with Gasteiger partial charge < -0.3 is 10.2 Å². The SMILES string of the molecule is O=C(O)CC(CNS(=O)(=O)c1cccc(Cl)c1O)c1ccc(Br)s1. The molecule has 130 valence electrons. The van der Waals surface area contributed by atoms with Crippen molar-refractivity contribution in [1.82, 2.24) is 4.72 Å². The zero-order chi connectivity index (χ0) is 17.9. The molecule has 0 bridgehead atoms. The van der Waals surface area contributed by atoms with Crippen molar-refractivity contribution in [1.29, 1.82) is 0 Å². The number of carboxylic acid groups (broad SMARTS) is 1. The van der Waals surface area contributed by atoms with Gasteiger partial charge in [-0.1, -0.05) is 17.7 Å². The number of phenolic OH excluding ortho intramolecular Hbond substituents is 1. The molecule has 1 heterocycles. The van der Waals surface area contributed by atoms with E-state index in [9.17, 15) is 18.3 Å². The highest BCUT2D eigenvalue weighted by molar-refractivity contribution is 9.11. The standard InChI is InChI=1S/C14H13BrClNO5S2/c15-12-5-4-10(23-12)8(6-13(18)19)7-17-24(21,22)11-3-1-2-9(16)14(11)20/h1-5,8,17,20H,6-7H2,(H,18,19). The lowest BCUT2D eigenvalue weighted by Crippen LogP contribution is -2.29. The second-order valence-corrected chi connectivity index (χ2v) is 9.51. The molecule has 0 spiro atoms. The normalized spacial score (nSPS) is 12.9. The molecule has 0 aliphatic heterocycles. The number of carboxylic acids is 1. The van der Waals surface area contributed by atoms with Crippen LogP contribution in [0.15, 0.2) is 39.0 Å². The molecule has 0 fully saturated rings. The van der Waals surface area contributed by atoms with E-state index in [1.807, 2.05) is 0 Å². The Bertz CT molecular complexity index is 853. The van der Waals surface area contributed by atoms with Crippen molar-refractivity contribution in [2.45, 2.75) is 17.2 Å². The van der Waals surface area contributed by atoms with Gasteiger partial charge in [-0.15, -0.1) is 11.3 Å². The minimum Gasteiger partial charge on any atom is -0.505 e. The number of para-hydroxylation sites is 1. The van der Waals surface area contributed by atoms with Crippen molar-refractivity contribution >= 4 is 54.9 Å². The van der Waals surface area contributed by atoms with Crippen LogP contribution in [0.2, 0.25) is 5.02 Å². The van der Waals surface area contributed by atoms with E-state index in [0.717, 1.165) is 8.66 Å². The number of phenols is 1. The van der Waals surface area contributed by atoms with Gasteiger partial charge in [-0.25, -0.2) is 13.1 Å². The first-order valence-corrected chi connectivity index (χ1v) is 10.1. The van der Waals surface area contributed by atoms with Crippen molar-refractivity contribution in [3.8, 4) is 5.75 Å². The monoisotopic (exact) mass is 453 g/mol. The lowest BCUT2D eigenvalue weighted by molar-refractivity contribution is -0.137. The summed E-state index contributed by atoms with van der Waals surface area (Å²) < 4.78 is 27.9. The van der Waals surface area contributed by atoms with Gasteiger partial charge in [0.15, 0.2) is 5.75 Å². The van der Waals surface area contributed by atoms with E-state index < -0.39 is 27.7 Å². The third kappa shape index (κ3) is 4.70. The summed E-state index contributed by atoms with van der Waals surface area (Å²) in [5, 5.41) is 18.8. The molecule has 2 aromatic rings. The number of thiophene rings is 1. The van der Waals surface area contributed by atoms with Crippen LogP contribution in [0, 0.1) is 0 Å². The smallest absolute Gasteiger partial charge is 0.304 e. The van der Waals surface area contributed by atoms with Crippen LogP contribution in [-0.2, 0) is 14.8 Å². The van der Waals surface area contributed by atoms with Gasteiger partial charge in [-0.2, -0.15) is 0 Å². The van der Waals surface area contributed by atoms with Crippen molar-refractivity contribution in [2.24, 2.45) is 0 Å². The lowest BCUT2D eigenvalue weighted by atomic mass is 10.0. The van der Waals surface area contributed by atoms with Gasteiger partial charge in [0.2, 0.25) is 10.0 Å². The van der Waals surface area contributed by atoms with Crippen LogP contribution >= 0.6 is 38.9 Å². The van der Waals surface area contributed by atoms with Gasteiger partial charge >= 0.3 is 5.97 Å². The van der Waals surface area contributed by atoms with Crippen molar-refractivity contribution in [3.63, 3.8) is 0 Å². The first-order valence-electron chi connectivity index (χ1n) is 6.65. The van der Waals surface area contributed by atoms with Gasteiger partial charge in [-0.3, -0.25) is 4.79 Å². The highest BCUT2D eigenvalue weighted by atomic mass is 79.9. The van der Waals surface area contributed by atoms with E-state index in [0.29, 0.717) is 0 Å². The number of benzene rings is 1. The summed E-state index contributed by atoms with van der Waals surface area (Å²) in [7, 11) is -4.03. The number of aliphatic carboxylic acids is 1. The Morgan fingerprint density at radius 2 is 2.04 bits per heavy atom. The topological polar surface area (TPSA) is 104 Å². The average molecular weight is 455 g/mol. The minimum absolute atomic E-state index is 0.0813. The van der Waals surface area contributed by atoms with Gasteiger partial charge in [0.1, 0.15) is 4.90 Å². The molecule has 3 N–H and O–H groups in total. The summed E-state index contributed by atoms with van der Waals surface area (Å²) in [6.45, 7) is -0.118. The van der Waals surface area contributed by atoms with Gasteiger partial charge in [0.25, 0.3) is 0 Å². The molecule has 10 heteroatoms. The number of sulfonamides is 1. The summed E-state index contributed by atoms with van der Waals surface area (Å²) in [6.07, 6.45) is -0.225. The molecule has 0 radical (unpaired) electrons. The van der Waals surface area contributed by atoms with E-state index in [1.54, 1.807) is 12.1 Å². The predicted molar refractivity (Wildman–Crippen MR) is 95.3 cm³/mol. The third-order valence-electron chi connectivity index (χ3n) is 3.18. The van der Waals surface area contributed by atoms with Crippen molar-refractivity contribution in [3.05, 3.63) is 44.0 Å². The third-order valence-corrected chi connectivity index (χ3v) is 6.72. The zero-order valence-corrected chi connectivity index (χ0v) is 16.0. The van der Waals surface area contributed by atoms with Gasteiger partial charge in [0.05, 0.1) is 15.2 Å². The second kappa shape index (κ2) is 7.83. The van der Waals surface area contributed by atoms with Crippen LogP contribution in [0.1, 0.15) is 17.2 Å². The predicted octanol–water partition coefficient (Wildman–Crippen LogP) is 3.41. The summed E-state index contributed by atoms with van der Waals surface area (Å²) in [6, 6.07) is 7.51. The summed E-state index contributed by atoms with van der Waals surface area (Å²) >= 11 is 10.4. The number of nitrogens with one attached hydrogen (secondary N) is 1. The largest absolute Gasteiger partial charge is 0.505 e. The Morgan fingerprint density at radius 3 is 2.62 bits per heavy atom. The van der Waals surface area contributed by atoms with E-state index in [2.05, 4.69) is 20.7 Å². The Morgan fingerprint density at radius 1 is 1.33 bits per heavy atom. The number of rotatable bonds is 7. The van der Waals surface area contributed by atoms with E-state index in [4.69, 9.17) is 16.7 Å². The van der Waals surface area contributed by atoms with Gasteiger partial charge in [-0.05, 0) is 40.2 Å². The highest BCUT2D eigenvalue weighted by Gasteiger charge is 2.24.